The van der Waals surface area contributed by atoms with Gasteiger partial charge in [-0.25, -0.2) is 0 Å². The van der Waals surface area contributed by atoms with Gasteiger partial charge in [0.05, 0.1) is 12.5 Å². The van der Waals surface area contributed by atoms with Crippen LogP contribution in [0.3, 0.4) is 0 Å². The summed E-state index contributed by atoms with van der Waals surface area (Å²) in [5, 5.41) is 0. The lowest BCUT2D eigenvalue weighted by Gasteiger charge is -2.21. The van der Waals surface area contributed by atoms with Crippen molar-refractivity contribution in [1.82, 2.24) is 4.90 Å². The first-order chi connectivity index (χ1) is 8.18. The Labute approximate surface area is 102 Å². The number of hydrogen-bond donors (Lipinski definition) is 0. The number of carbonyl (C=O) groups excluding carboxylic acids is 1. The van der Waals surface area contributed by atoms with Gasteiger partial charge in [0.2, 0.25) is 5.91 Å². The van der Waals surface area contributed by atoms with Crippen LogP contribution in [0.4, 0.5) is 0 Å². The second-order valence-electron chi connectivity index (χ2n) is 4.68. The minimum atomic E-state index is 0.0593. The highest BCUT2D eigenvalue weighted by molar-refractivity contribution is 5.79. The van der Waals surface area contributed by atoms with Crippen LogP contribution in [0.25, 0.3) is 0 Å². The van der Waals surface area contributed by atoms with Crippen molar-refractivity contribution in [2.24, 2.45) is 5.92 Å². The molecule has 1 aromatic rings. The highest BCUT2D eigenvalue weighted by Crippen LogP contribution is 2.17. The van der Waals surface area contributed by atoms with Gasteiger partial charge in [0.25, 0.3) is 0 Å². The van der Waals surface area contributed by atoms with E-state index in [1.54, 1.807) is 0 Å². The van der Waals surface area contributed by atoms with Gasteiger partial charge in [-0.15, -0.1) is 0 Å². The van der Waals surface area contributed by atoms with Gasteiger partial charge in [-0.2, -0.15) is 0 Å². The van der Waals surface area contributed by atoms with Gasteiger partial charge < -0.3 is 9.64 Å². The molecule has 1 atom stereocenters. The average Bonchev–Trinajstić information content (AvgIpc) is 2.84. The summed E-state index contributed by atoms with van der Waals surface area (Å²) >= 11 is 0. The van der Waals surface area contributed by atoms with Gasteiger partial charge >= 0.3 is 0 Å². The van der Waals surface area contributed by atoms with Gasteiger partial charge in [-0.1, -0.05) is 24.3 Å². The summed E-state index contributed by atoms with van der Waals surface area (Å²) in [6.07, 6.45) is 0.858. The van der Waals surface area contributed by atoms with E-state index in [0.717, 1.165) is 6.42 Å². The van der Waals surface area contributed by atoms with Crippen molar-refractivity contribution < 1.29 is 9.53 Å². The third-order valence-corrected chi connectivity index (χ3v) is 3.32. The van der Waals surface area contributed by atoms with Crippen LogP contribution in [-0.2, 0) is 16.1 Å². The summed E-state index contributed by atoms with van der Waals surface area (Å²) < 4.78 is 5.25. The lowest BCUT2D eigenvalue weighted by molar-refractivity contribution is -0.134. The number of benzene rings is 1. The molecule has 1 saturated heterocycles. The number of rotatable bonds is 3. The Morgan fingerprint density at radius 3 is 2.88 bits per heavy atom. The van der Waals surface area contributed by atoms with E-state index in [2.05, 4.69) is 19.1 Å². The quantitative estimate of drug-likeness (QED) is 0.799. The predicted molar refractivity (Wildman–Crippen MR) is 66.6 cm³/mol. The van der Waals surface area contributed by atoms with Gasteiger partial charge in [0.15, 0.2) is 0 Å². The predicted octanol–water partition coefficient (Wildman–Crippen LogP) is 1.99. The topological polar surface area (TPSA) is 29.5 Å². The van der Waals surface area contributed by atoms with E-state index in [1.807, 2.05) is 24.1 Å². The third-order valence-electron chi connectivity index (χ3n) is 3.32. The van der Waals surface area contributed by atoms with Crippen molar-refractivity contribution in [3.8, 4) is 0 Å². The second kappa shape index (κ2) is 5.32. The summed E-state index contributed by atoms with van der Waals surface area (Å²) in [5.74, 6) is 0.259. The molecular formula is C14H19NO2. The Kier molecular flexibility index (Phi) is 3.79. The number of carbonyl (C=O) groups is 1. The van der Waals surface area contributed by atoms with Gasteiger partial charge in [0, 0.05) is 20.2 Å². The standard InChI is InChI=1S/C14H19NO2/c1-11-5-3-4-6-12(11)9-15(2)14(16)13-7-8-17-10-13/h3-6,13H,7-10H2,1-2H3. The van der Waals surface area contributed by atoms with E-state index in [-0.39, 0.29) is 11.8 Å². The molecule has 0 radical (unpaired) electrons. The Hall–Kier alpha value is -1.35. The van der Waals surface area contributed by atoms with E-state index in [0.29, 0.717) is 19.8 Å². The first kappa shape index (κ1) is 12.1. The maximum absolute atomic E-state index is 12.1. The Bertz CT molecular complexity index is 397. The van der Waals surface area contributed by atoms with E-state index in [1.165, 1.54) is 11.1 Å². The Balaban J connectivity index is 1.99. The number of aryl methyl sites for hydroxylation is 1. The van der Waals surface area contributed by atoms with Crippen LogP contribution in [0.2, 0.25) is 0 Å². The molecule has 0 saturated carbocycles. The van der Waals surface area contributed by atoms with Crippen LogP contribution in [0.5, 0.6) is 0 Å². The molecule has 1 amide bonds. The van der Waals surface area contributed by atoms with E-state index in [9.17, 15) is 4.79 Å². The van der Waals surface area contributed by atoms with Gasteiger partial charge in [-0.05, 0) is 24.5 Å². The van der Waals surface area contributed by atoms with E-state index < -0.39 is 0 Å². The molecule has 3 heteroatoms. The van der Waals surface area contributed by atoms with Crippen LogP contribution < -0.4 is 0 Å². The molecule has 0 aliphatic carbocycles. The number of ether oxygens (including phenoxy) is 1. The number of nitrogens with zero attached hydrogens (tertiary/aromatic N) is 1. The SMILES string of the molecule is Cc1ccccc1CN(C)C(=O)C1CCOC1. The fourth-order valence-corrected chi connectivity index (χ4v) is 2.16. The van der Waals surface area contributed by atoms with Crippen LogP contribution in [0, 0.1) is 12.8 Å². The largest absolute Gasteiger partial charge is 0.381 e. The molecule has 1 aliphatic heterocycles. The smallest absolute Gasteiger partial charge is 0.228 e. The molecule has 92 valence electrons. The highest BCUT2D eigenvalue weighted by Gasteiger charge is 2.26. The van der Waals surface area contributed by atoms with Crippen molar-refractivity contribution in [2.45, 2.75) is 19.9 Å². The zero-order valence-electron chi connectivity index (χ0n) is 10.5. The molecule has 0 aromatic heterocycles. The molecule has 3 nitrogen and oxygen atoms in total. The minimum Gasteiger partial charge on any atom is -0.381 e. The molecule has 0 bridgehead atoms. The summed E-state index contributed by atoms with van der Waals surface area (Å²) in [4.78, 5) is 13.9. The van der Waals surface area contributed by atoms with Crippen molar-refractivity contribution in [1.29, 1.82) is 0 Å². The van der Waals surface area contributed by atoms with E-state index in [4.69, 9.17) is 4.74 Å². The summed E-state index contributed by atoms with van der Waals surface area (Å²) in [6, 6.07) is 8.18. The normalized spacial score (nSPS) is 19.3. The summed E-state index contributed by atoms with van der Waals surface area (Å²) in [6.45, 7) is 4.06. The Morgan fingerprint density at radius 1 is 1.47 bits per heavy atom. The molecule has 1 unspecified atom stereocenters. The molecular weight excluding hydrogens is 214 g/mol. The monoisotopic (exact) mass is 233 g/mol. The van der Waals surface area contributed by atoms with Gasteiger partial charge in [-0.3, -0.25) is 4.79 Å². The second-order valence-corrected chi connectivity index (χ2v) is 4.68. The first-order valence-corrected chi connectivity index (χ1v) is 6.05. The number of amides is 1. The summed E-state index contributed by atoms with van der Waals surface area (Å²) in [7, 11) is 1.87. The molecule has 17 heavy (non-hydrogen) atoms. The maximum Gasteiger partial charge on any atom is 0.228 e. The zero-order valence-corrected chi connectivity index (χ0v) is 10.5. The molecule has 1 aliphatic rings. The molecule has 1 fully saturated rings. The van der Waals surface area contributed by atoms with E-state index >= 15 is 0 Å². The van der Waals surface area contributed by atoms with Crippen molar-refractivity contribution in [3.63, 3.8) is 0 Å². The molecule has 1 aromatic carbocycles. The lowest BCUT2D eigenvalue weighted by Crippen LogP contribution is -2.32. The average molecular weight is 233 g/mol. The Morgan fingerprint density at radius 2 is 2.24 bits per heavy atom. The van der Waals surface area contributed by atoms with Crippen LogP contribution >= 0.6 is 0 Å². The molecule has 0 N–H and O–H groups in total. The third kappa shape index (κ3) is 2.86. The minimum absolute atomic E-state index is 0.0593. The summed E-state index contributed by atoms with van der Waals surface area (Å²) in [5.41, 5.74) is 2.44. The number of hydrogen-bond acceptors (Lipinski definition) is 2. The van der Waals surface area contributed by atoms with Crippen LogP contribution in [-0.4, -0.2) is 31.1 Å². The first-order valence-electron chi connectivity index (χ1n) is 6.05. The van der Waals surface area contributed by atoms with Crippen molar-refractivity contribution in [2.75, 3.05) is 20.3 Å². The highest BCUT2D eigenvalue weighted by atomic mass is 16.5. The fourth-order valence-electron chi connectivity index (χ4n) is 2.16. The fraction of sp³-hybridized carbons (Fsp3) is 0.500. The lowest BCUT2D eigenvalue weighted by atomic mass is 10.1. The molecule has 1 heterocycles. The van der Waals surface area contributed by atoms with Crippen molar-refractivity contribution in [3.05, 3.63) is 35.4 Å². The molecule has 0 spiro atoms. The van der Waals surface area contributed by atoms with Crippen LogP contribution in [0.1, 0.15) is 17.5 Å². The maximum atomic E-state index is 12.1. The van der Waals surface area contributed by atoms with Crippen molar-refractivity contribution >= 4 is 5.91 Å². The van der Waals surface area contributed by atoms with Crippen LogP contribution in [0.15, 0.2) is 24.3 Å². The van der Waals surface area contributed by atoms with Gasteiger partial charge in [0.1, 0.15) is 0 Å². The zero-order chi connectivity index (χ0) is 12.3. The molecule has 2 rings (SSSR count).